The van der Waals surface area contributed by atoms with Crippen molar-refractivity contribution in [1.82, 2.24) is 4.57 Å². The molecule has 0 N–H and O–H groups in total. The Kier molecular flexibility index (Phi) is 3.29. The van der Waals surface area contributed by atoms with Gasteiger partial charge in [-0.15, -0.1) is 0 Å². The maximum absolute atomic E-state index is 14.1. The van der Waals surface area contributed by atoms with Crippen LogP contribution in [0, 0.1) is 11.6 Å². The summed E-state index contributed by atoms with van der Waals surface area (Å²) in [5.41, 5.74) is 1.55. The third-order valence-electron chi connectivity index (χ3n) is 3.47. The minimum atomic E-state index is -0.392. The van der Waals surface area contributed by atoms with Crippen LogP contribution in [0.15, 0.2) is 48.7 Å². The third kappa shape index (κ3) is 2.44. The van der Waals surface area contributed by atoms with Gasteiger partial charge in [-0.1, -0.05) is 24.3 Å². The van der Waals surface area contributed by atoms with Crippen molar-refractivity contribution < 1.29 is 13.6 Å². The number of benzene rings is 2. The first-order valence-corrected chi connectivity index (χ1v) is 6.59. The lowest BCUT2D eigenvalue weighted by Crippen LogP contribution is -2.00. The summed E-state index contributed by atoms with van der Waals surface area (Å²) in [4.78, 5) is 11.7. The van der Waals surface area contributed by atoms with Crippen molar-refractivity contribution in [3.63, 3.8) is 0 Å². The summed E-state index contributed by atoms with van der Waals surface area (Å²) in [6, 6.07) is 10.8. The fourth-order valence-electron chi connectivity index (χ4n) is 2.55. The Hall–Kier alpha value is -2.49. The zero-order valence-electron chi connectivity index (χ0n) is 11.4. The van der Waals surface area contributed by atoms with Gasteiger partial charge >= 0.3 is 0 Å². The highest BCUT2D eigenvalue weighted by atomic mass is 19.1. The van der Waals surface area contributed by atoms with E-state index in [1.54, 1.807) is 35.0 Å². The topological polar surface area (TPSA) is 22.0 Å². The number of fused-ring (bicyclic) bond motifs is 1. The average molecular weight is 285 g/mol. The molecule has 1 aromatic heterocycles. The number of hydrogen-bond donors (Lipinski definition) is 0. The third-order valence-corrected chi connectivity index (χ3v) is 3.47. The van der Waals surface area contributed by atoms with Crippen molar-refractivity contribution >= 4 is 16.7 Å². The lowest BCUT2D eigenvalue weighted by Gasteiger charge is -2.06. The summed E-state index contributed by atoms with van der Waals surface area (Å²) >= 11 is 0. The van der Waals surface area contributed by atoms with E-state index < -0.39 is 5.82 Å². The molecule has 0 saturated heterocycles. The molecule has 0 atom stereocenters. The molecule has 0 amide bonds. The monoisotopic (exact) mass is 285 g/mol. The van der Waals surface area contributed by atoms with Crippen LogP contribution in [0.2, 0.25) is 0 Å². The van der Waals surface area contributed by atoms with E-state index in [1.807, 2.05) is 0 Å². The molecule has 2 aromatic carbocycles. The Morgan fingerprint density at radius 2 is 1.90 bits per heavy atom. The van der Waals surface area contributed by atoms with E-state index in [0.717, 1.165) is 0 Å². The molecule has 0 aliphatic carbocycles. The van der Waals surface area contributed by atoms with Crippen molar-refractivity contribution in [2.75, 3.05) is 0 Å². The number of carbonyl (C=O) groups excluding carboxylic acids is 1. The van der Waals surface area contributed by atoms with Crippen LogP contribution in [-0.4, -0.2) is 10.4 Å². The van der Waals surface area contributed by atoms with Crippen molar-refractivity contribution in [1.29, 1.82) is 0 Å². The van der Waals surface area contributed by atoms with Gasteiger partial charge in [-0.2, -0.15) is 0 Å². The van der Waals surface area contributed by atoms with Gasteiger partial charge in [-0.25, -0.2) is 8.78 Å². The van der Waals surface area contributed by atoms with Crippen LogP contribution in [0.5, 0.6) is 0 Å². The maximum atomic E-state index is 14.1. The van der Waals surface area contributed by atoms with Crippen LogP contribution >= 0.6 is 0 Å². The van der Waals surface area contributed by atoms with Crippen LogP contribution in [-0.2, 0) is 6.54 Å². The van der Waals surface area contributed by atoms with Gasteiger partial charge in [0.15, 0.2) is 5.78 Å². The highest BCUT2D eigenvalue weighted by Gasteiger charge is 2.15. The quantitative estimate of drug-likeness (QED) is 0.662. The van der Waals surface area contributed by atoms with E-state index in [9.17, 15) is 13.6 Å². The average Bonchev–Trinajstić information content (AvgIpc) is 2.79. The second-order valence-electron chi connectivity index (χ2n) is 4.99. The number of hydrogen-bond acceptors (Lipinski definition) is 1. The highest BCUT2D eigenvalue weighted by molar-refractivity contribution is 6.07. The second-order valence-corrected chi connectivity index (χ2v) is 4.99. The van der Waals surface area contributed by atoms with Gasteiger partial charge in [-0.3, -0.25) is 4.79 Å². The van der Waals surface area contributed by atoms with Crippen LogP contribution in [0.25, 0.3) is 10.9 Å². The molecule has 21 heavy (non-hydrogen) atoms. The van der Waals surface area contributed by atoms with E-state index in [4.69, 9.17) is 0 Å². The van der Waals surface area contributed by atoms with Crippen molar-refractivity contribution in [2.45, 2.75) is 13.5 Å². The molecule has 4 heteroatoms. The fraction of sp³-hybridized carbons (Fsp3) is 0.118. The predicted octanol–water partition coefficient (Wildman–Crippen LogP) is 4.17. The molecule has 1 heterocycles. The molecule has 106 valence electrons. The number of carbonyl (C=O) groups is 1. The summed E-state index contributed by atoms with van der Waals surface area (Å²) in [5.74, 6) is -0.851. The SMILES string of the molecule is CC(=O)c1cn(Cc2cccc(F)c2)c2c(F)cccc12. The Labute approximate surface area is 120 Å². The number of para-hydroxylation sites is 1. The zero-order valence-corrected chi connectivity index (χ0v) is 11.4. The van der Waals surface area contributed by atoms with Gasteiger partial charge in [-0.05, 0) is 30.7 Å². The lowest BCUT2D eigenvalue weighted by molar-refractivity contribution is 0.101. The van der Waals surface area contributed by atoms with E-state index in [0.29, 0.717) is 28.6 Å². The van der Waals surface area contributed by atoms with Gasteiger partial charge in [0.2, 0.25) is 0 Å². The summed E-state index contributed by atoms with van der Waals surface area (Å²) in [6.07, 6.45) is 1.63. The number of Topliss-reactive ketones (excluding diaryl/α,β-unsaturated/α-hetero) is 1. The number of aromatic nitrogens is 1. The number of rotatable bonds is 3. The first kappa shape index (κ1) is 13.5. The van der Waals surface area contributed by atoms with E-state index in [-0.39, 0.29) is 11.6 Å². The van der Waals surface area contributed by atoms with Gasteiger partial charge in [0.05, 0.1) is 5.52 Å². The van der Waals surface area contributed by atoms with Crippen molar-refractivity contribution in [3.8, 4) is 0 Å². The molecule has 0 fully saturated rings. The Bertz CT molecular complexity index is 836. The normalized spacial score (nSPS) is 11.0. The summed E-state index contributed by atoms with van der Waals surface area (Å²) < 4.78 is 29.0. The Morgan fingerprint density at radius 3 is 2.62 bits per heavy atom. The standard InChI is InChI=1S/C17H13F2NO/c1-11(21)15-10-20(9-12-4-2-5-13(18)8-12)17-14(15)6-3-7-16(17)19/h2-8,10H,9H2,1H3. The van der Waals surface area contributed by atoms with E-state index >= 15 is 0 Å². The van der Waals surface area contributed by atoms with E-state index in [1.165, 1.54) is 25.1 Å². The smallest absolute Gasteiger partial charge is 0.161 e. The van der Waals surface area contributed by atoms with Gasteiger partial charge < -0.3 is 4.57 Å². The van der Waals surface area contributed by atoms with Gasteiger partial charge in [0, 0.05) is 23.7 Å². The molecule has 0 unspecified atom stereocenters. The molecule has 0 radical (unpaired) electrons. The first-order chi connectivity index (χ1) is 10.1. The van der Waals surface area contributed by atoms with Crippen LogP contribution < -0.4 is 0 Å². The van der Waals surface area contributed by atoms with Gasteiger partial charge in [0.25, 0.3) is 0 Å². The van der Waals surface area contributed by atoms with Crippen LogP contribution in [0.1, 0.15) is 22.8 Å². The molecular formula is C17H13F2NO. The zero-order chi connectivity index (χ0) is 15.0. The summed E-state index contributed by atoms with van der Waals surface area (Å²) in [5, 5.41) is 0.582. The van der Waals surface area contributed by atoms with E-state index in [2.05, 4.69) is 0 Å². The molecule has 0 aliphatic rings. The molecule has 0 saturated carbocycles. The number of nitrogens with zero attached hydrogens (tertiary/aromatic N) is 1. The predicted molar refractivity (Wildman–Crippen MR) is 77.4 cm³/mol. The lowest BCUT2D eigenvalue weighted by atomic mass is 10.1. The second kappa shape index (κ2) is 5.13. The van der Waals surface area contributed by atoms with Gasteiger partial charge in [0.1, 0.15) is 11.6 Å². The number of halogens is 2. The molecule has 0 aliphatic heterocycles. The number of ketones is 1. The first-order valence-electron chi connectivity index (χ1n) is 6.59. The highest BCUT2D eigenvalue weighted by Crippen LogP contribution is 2.25. The minimum Gasteiger partial charge on any atom is -0.340 e. The molecular weight excluding hydrogens is 272 g/mol. The molecule has 0 spiro atoms. The summed E-state index contributed by atoms with van der Waals surface area (Å²) in [7, 11) is 0. The summed E-state index contributed by atoms with van der Waals surface area (Å²) in [6.45, 7) is 1.76. The Morgan fingerprint density at radius 1 is 1.14 bits per heavy atom. The molecule has 2 nitrogen and oxygen atoms in total. The Balaban J connectivity index is 2.16. The van der Waals surface area contributed by atoms with Crippen LogP contribution in [0.3, 0.4) is 0 Å². The fourth-order valence-corrected chi connectivity index (χ4v) is 2.55. The van der Waals surface area contributed by atoms with Crippen molar-refractivity contribution in [3.05, 3.63) is 71.4 Å². The van der Waals surface area contributed by atoms with Crippen molar-refractivity contribution in [2.24, 2.45) is 0 Å². The molecule has 3 rings (SSSR count). The molecule has 0 bridgehead atoms. The van der Waals surface area contributed by atoms with Crippen LogP contribution in [0.4, 0.5) is 8.78 Å². The maximum Gasteiger partial charge on any atom is 0.161 e. The minimum absolute atomic E-state index is 0.122. The largest absolute Gasteiger partial charge is 0.340 e. The molecule has 3 aromatic rings.